The van der Waals surface area contributed by atoms with Gasteiger partial charge in [0.1, 0.15) is 6.20 Å². The Kier molecular flexibility index (Phi) is 2.62. The Hall–Kier alpha value is -1.43. The van der Waals surface area contributed by atoms with E-state index < -0.39 is 4.92 Å². The first kappa shape index (κ1) is 9.66. The molecule has 0 saturated carbocycles. The Balaban J connectivity index is 2.90. The molecule has 0 aromatic carbocycles. The second-order valence-corrected chi connectivity index (χ2v) is 3.03. The molecule has 6 nitrogen and oxygen atoms in total. The number of nitro groups is 1. The van der Waals surface area contributed by atoms with Crippen LogP contribution in [0, 0.1) is 17.0 Å². The van der Waals surface area contributed by atoms with Crippen molar-refractivity contribution in [2.24, 2.45) is 5.73 Å². The lowest BCUT2D eigenvalue weighted by Crippen LogP contribution is -2.22. The van der Waals surface area contributed by atoms with Gasteiger partial charge in [0.2, 0.25) is 5.82 Å². The van der Waals surface area contributed by atoms with Crippen LogP contribution in [-0.4, -0.2) is 20.5 Å². The van der Waals surface area contributed by atoms with Crippen molar-refractivity contribution >= 4 is 5.82 Å². The SMILES string of the molecule is Cc1nc([N+](=O)[O-])cn1CC(C)N. The largest absolute Gasteiger partial charge is 0.381 e. The van der Waals surface area contributed by atoms with Gasteiger partial charge in [0.25, 0.3) is 0 Å². The molecule has 0 fully saturated rings. The number of aromatic nitrogens is 2. The topological polar surface area (TPSA) is 87.0 Å². The van der Waals surface area contributed by atoms with Gasteiger partial charge in [0, 0.05) is 19.5 Å². The molecule has 0 spiro atoms. The number of nitrogens with zero attached hydrogens (tertiary/aromatic N) is 3. The van der Waals surface area contributed by atoms with Crippen molar-refractivity contribution in [1.82, 2.24) is 9.55 Å². The van der Waals surface area contributed by atoms with Crippen LogP contribution in [0.2, 0.25) is 0 Å². The monoisotopic (exact) mass is 184 g/mol. The van der Waals surface area contributed by atoms with Crippen LogP contribution in [0.15, 0.2) is 6.20 Å². The van der Waals surface area contributed by atoms with E-state index in [1.165, 1.54) is 6.20 Å². The second kappa shape index (κ2) is 3.53. The van der Waals surface area contributed by atoms with Crippen LogP contribution in [0.4, 0.5) is 5.82 Å². The molecule has 1 aromatic rings. The molecule has 1 unspecified atom stereocenters. The van der Waals surface area contributed by atoms with Gasteiger partial charge >= 0.3 is 5.82 Å². The van der Waals surface area contributed by atoms with Gasteiger partial charge in [0.15, 0.2) is 0 Å². The maximum Gasteiger partial charge on any atom is 0.381 e. The van der Waals surface area contributed by atoms with Gasteiger partial charge in [-0.25, -0.2) is 0 Å². The zero-order valence-electron chi connectivity index (χ0n) is 7.60. The van der Waals surface area contributed by atoms with E-state index in [1.54, 1.807) is 11.5 Å². The highest BCUT2D eigenvalue weighted by atomic mass is 16.6. The van der Waals surface area contributed by atoms with Crippen LogP contribution < -0.4 is 5.73 Å². The summed E-state index contributed by atoms with van der Waals surface area (Å²) in [6, 6.07) is -0.0347. The van der Waals surface area contributed by atoms with Crippen molar-refractivity contribution in [1.29, 1.82) is 0 Å². The first-order valence-corrected chi connectivity index (χ1v) is 3.94. The highest BCUT2D eigenvalue weighted by Crippen LogP contribution is 2.10. The average molecular weight is 184 g/mol. The standard InChI is InChI=1S/C7H12N4O2/c1-5(8)3-10-4-7(11(12)13)9-6(10)2/h4-5H,3,8H2,1-2H3. The first-order chi connectivity index (χ1) is 6.00. The summed E-state index contributed by atoms with van der Waals surface area (Å²) < 4.78 is 1.68. The minimum absolute atomic E-state index is 0.0347. The van der Waals surface area contributed by atoms with Gasteiger partial charge in [-0.1, -0.05) is 0 Å². The van der Waals surface area contributed by atoms with Crippen LogP contribution in [-0.2, 0) is 6.54 Å². The third-order valence-corrected chi connectivity index (χ3v) is 1.64. The molecule has 0 bridgehead atoms. The number of nitrogens with two attached hydrogens (primary N) is 1. The molecule has 0 radical (unpaired) electrons. The summed E-state index contributed by atoms with van der Waals surface area (Å²) >= 11 is 0. The molecule has 0 amide bonds. The van der Waals surface area contributed by atoms with E-state index in [1.807, 2.05) is 6.92 Å². The van der Waals surface area contributed by atoms with Crippen molar-refractivity contribution in [2.45, 2.75) is 26.4 Å². The number of hydrogen-bond donors (Lipinski definition) is 1. The molecule has 2 N–H and O–H groups in total. The summed E-state index contributed by atoms with van der Waals surface area (Å²) in [5.74, 6) is 0.488. The van der Waals surface area contributed by atoms with Crippen molar-refractivity contribution in [3.05, 3.63) is 22.1 Å². The zero-order chi connectivity index (χ0) is 10.0. The van der Waals surface area contributed by atoms with E-state index in [0.717, 1.165) is 0 Å². The quantitative estimate of drug-likeness (QED) is 0.545. The molecular weight excluding hydrogens is 172 g/mol. The highest BCUT2D eigenvalue weighted by Gasteiger charge is 2.15. The van der Waals surface area contributed by atoms with Crippen molar-refractivity contribution < 1.29 is 4.92 Å². The van der Waals surface area contributed by atoms with Crippen LogP contribution >= 0.6 is 0 Å². The van der Waals surface area contributed by atoms with Crippen molar-refractivity contribution in [2.75, 3.05) is 0 Å². The van der Waals surface area contributed by atoms with Gasteiger partial charge in [0.05, 0.1) is 0 Å². The second-order valence-electron chi connectivity index (χ2n) is 3.03. The number of imidazole rings is 1. The Morgan fingerprint density at radius 3 is 2.85 bits per heavy atom. The molecule has 1 heterocycles. The molecule has 1 aromatic heterocycles. The Bertz CT molecular complexity index is 318. The number of rotatable bonds is 3. The fourth-order valence-corrected chi connectivity index (χ4v) is 1.07. The van der Waals surface area contributed by atoms with E-state index in [0.29, 0.717) is 12.4 Å². The van der Waals surface area contributed by atoms with E-state index >= 15 is 0 Å². The highest BCUT2D eigenvalue weighted by molar-refractivity contribution is 5.16. The Morgan fingerprint density at radius 2 is 2.46 bits per heavy atom. The Labute approximate surface area is 75.5 Å². The van der Waals surface area contributed by atoms with E-state index in [9.17, 15) is 10.1 Å². The molecule has 6 heteroatoms. The minimum Gasteiger partial charge on any atom is -0.358 e. The van der Waals surface area contributed by atoms with Gasteiger partial charge in [-0.15, -0.1) is 0 Å². The molecule has 1 atom stereocenters. The lowest BCUT2D eigenvalue weighted by molar-refractivity contribution is -0.389. The van der Waals surface area contributed by atoms with Gasteiger partial charge in [-0.3, -0.25) is 0 Å². The molecule has 0 aliphatic carbocycles. The molecule has 0 aliphatic heterocycles. The summed E-state index contributed by atoms with van der Waals surface area (Å²) in [4.78, 5) is 13.6. The third kappa shape index (κ3) is 2.25. The number of aryl methyl sites for hydroxylation is 1. The van der Waals surface area contributed by atoms with E-state index in [-0.39, 0.29) is 11.9 Å². The normalized spacial score (nSPS) is 12.8. The maximum atomic E-state index is 10.4. The fourth-order valence-electron chi connectivity index (χ4n) is 1.07. The van der Waals surface area contributed by atoms with Crippen molar-refractivity contribution in [3.8, 4) is 0 Å². The summed E-state index contributed by atoms with van der Waals surface area (Å²) in [5, 5.41) is 10.4. The minimum atomic E-state index is -0.509. The van der Waals surface area contributed by atoms with E-state index in [4.69, 9.17) is 5.73 Å². The smallest absolute Gasteiger partial charge is 0.358 e. The molecule has 1 rings (SSSR count). The predicted octanol–water partition coefficient (Wildman–Crippen LogP) is 0.447. The summed E-state index contributed by atoms with van der Waals surface area (Å²) in [6.45, 7) is 4.10. The molecule has 13 heavy (non-hydrogen) atoms. The van der Waals surface area contributed by atoms with Crippen LogP contribution in [0.1, 0.15) is 12.7 Å². The summed E-state index contributed by atoms with van der Waals surface area (Å²) in [7, 11) is 0. The third-order valence-electron chi connectivity index (χ3n) is 1.64. The van der Waals surface area contributed by atoms with Crippen LogP contribution in [0.5, 0.6) is 0 Å². The lowest BCUT2D eigenvalue weighted by atomic mass is 10.3. The lowest BCUT2D eigenvalue weighted by Gasteiger charge is -2.04. The van der Waals surface area contributed by atoms with Crippen molar-refractivity contribution in [3.63, 3.8) is 0 Å². The summed E-state index contributed by atoms with van der Waals surface area (Å²) in [5.41, 5.74) is 5.56. The maximum absolute atomic E-state index is 10.4. The first-order valence-electron chi connectivity index (χ1n) is 3.94. The molecular formula is C7H12N4O2. The Morgan fingerprint density at radius 1 is 1.85 bits per heavy atom. The zero-order valence-corrected chi connectivity index (χ0v) is 7.60. The predicted molar refractivity (Wildman–Crippen MR) is 47.3 cm³/mol. The van der Waals surface area contributed by atoms with Gasteiger partial charge in [-0.05, 0) is 16.8 Å². The average Bonchev–Trinajstić information content (AvgIpc) is 2.31. The van der Waals surface area contributed by atoms with Crippen LogP contribution in [0.25, 0.3) is 0 Å². The number of hydrogen-bond acceptors (Lipinski definition) is 4. The molecule has 0 saturated heterocycles. The van der Waals surface area contributed by atoms with Crippen LogP contribution in [0.3, 0.4) is 0 Å². The molecule has 0 aliphatic rings. The van der Waals surface area contributed by atoms with E-state index in [2.05, 4.69) is 4.98 Å². The van der Waals surface area contributed by atoms with Gasteiger partial charge < -0.3 is 20.4 Å². The van der Waals surface area contributed by atoms with Gasteiger partial charge in [-0.2, -0.15) is 0 Å². The molecule has 72 valence electrons. The fraction of sp³-hybridized carbons (Fsp3) is 0.571. The summed E-state index contributed by atoms with van der Waals surface area (Å²) in [6.07, 6.45) is 1.40.